The highest BCUT2D eigenvalue weighted by Crippen LogP contribution is 2.26. The second-order valence-electron chi connectivity index (χ2n) is 5.02. The lowest BCUT2D eigenvalue weighted by molar-refractivity contribution is 0.0695. The summed E-state index contributed by atoms with van der Waals surface area (Å²) in [5, 5.41) is 9.13. The van der Waals surface area contributed by atoms with Gasteiger partial charge in [0, 0.05) is 24.0 Å². The van der Waals surface area contributed by atoms with Crippen LogP contribution in [0.2, 0.25) is 0 Å². The number of likely N-dealkylation sites (N-methyl/N-ethyl adjacent to an activating group) is 1. The van der Waals surface area contributed by atoms with Crippen molar-refractivity contribution < 1.29 is 9.90 Å². The molecule has 0 spiro atoms. The van der Waals surface area contributed by atoms with Crippen LogP contribution >= 0.6 is 0 Å². The minimum absolute atomic E-state index is 0.418. The summed E-state index contributed by atoms with van der Waals surface area (Å²) >= 11 is 0. The Morgan fingerprint density at radius 1 is 1.47 bits per heavy atom. The van der Waals surface area contributed by atoms with Gasteiger partial charge in [-0.1, -0.05) is 0 Å². The first kappa shape index (κ1) is 12.2. The predicted octanol–water partition coefficient (Wildman–Crippen LogP) is 2.07. The van der Waals surface area contributed by atoms with Gasteiger partial charge in [0.15, 0.2) is 0 Å². The Morgan fingerprint density at radius 2 is 2.18 bits per heavy atom. The van der Waals surface area contributed by atoms with Crippen molar-refractivity contribution in [3.63, 3.8) is 0 Å². The number of piperidine rings is 1. The molecular formula is C13H20N2O2. The lowest BCUT2D eigenvalue weighted by atomic mass is 10.1. The van der Waals surface area contributed by atoms with E-state index in [1.165, 1.54) is 6.42 Å². The average molecular weight is 236 g/mol. The molecule has 2 rings (SSSR count). The molecule has 17 heavy (non-hydrogen) atoms. The summed E-state index contributed by atoms with van der Waals surface area (Å²) in [6.07, 6.45) is 2.32. The van der Waals surface area contributed by atoms with Gasteiger partial charge in [-0.2, -0.15) is 0 Å². The van der Waals surface area contributed by atoms with Crippen LogP contribution in [-0.4, -0.2) is 40.7 Å². The molecule has 0 amide bonds. The van der Waals surface area contributed by atoms with Crippen LogP contribution < -0.4 is 0 Å². The minimum atomic E-state index is -0.825. The number of rotatable bonds is 2. The summed E-state index contributed by atoms with van der Waals surface area (Å²) < 4.78 is 2.19. The smallest absolute Gasteiger partial charge is 0.337 e. The van der Waals surface area contributed by atoms with Gasteiger partial charge in [-0.05, 0) is 46.3 Å². The fraction of sp³-hybridized carbons (Fsp3) is 0.615. The molecule has 1 saturated heterocycles. The van der Waals surface area contributed by atoms with E-state index in [0.717, 1.165) is 30.9 Å². The monoisotopic (exact) mass is 236 g/mol. The van der Waals surface area contributed by atoms with E-state index in [0.29, 0.717) is 11.6 Å². The van der Waals surface area contributed by atoms with Crippen molar-refractivity contribution >= 4 is 5.97 Å². The van der Waals surface area contributed by atoms with Crippen molar-refractivity contribution in [2.45, 2.75) is 32.7 Å². The minimum Gasteiger partial charge on any atom is -0.478 e. The first-order valence-corrected chi connectivity index (χ1v) is 6.11. The molecule has 94 valence electrons. The van der Waals surface area contributed by atoms with Gasteiger partial charge in [0.25, 0.3) is 0 Å². The standard InChI is InChI=1S/C13H20N2O2/c1-9-7-12(13(16)17)10(2)15(9)11-5-4-6-14(3)8-11/h7,11H,4-6,8H2,1-3H3,(H,16,17). The van der Waals surface area contributed by atoms with Crippen molar-refractivity contribution in [2.75, 3.05) is 20.1 Å². The zero-order valence-corrected chi connectivity index (χ0v) is 10.7. The predicted molar refractivity (Wildman–Crippen MR) is 66.6 cm³/mol. The first-order chi connectivity index (χ1) is 8.00. The number of nitrogens with zero attached hydrogens (tertiary/aromatic N) is 2. The molecule has 1 aromatic heterocycles. The van der Waals surface area contributed by atoms with Gasteiger partial charge >= 0.3 is 5.97 Å². The molecule has 0 aliphatic carbocycles. The molecule has 1 aliphatic heterocycles. The molecule has 1 N–H and O–H groups in total. The summed E-state index contributed by atoms with van der Waals surface area (Å²) in [7, 11) is 2.12. The van der Waals surface area contributed by atoms with Crippen LogP contribution in [0.4, 0.5) is 0 Å². The number of carboxylic acids is 1. The normalized spacial score (nSPS) is 21.7. The third-order valence-corrected chi connectivity index (χ3v) is 3.68. The molecule has 2 heterocycles. The molecule has 1 unspecified atom stereocenters. The van der Waals surface area contributed by atoms with E-state index < -0.39 is 5.97 Å². The van der Waals surface area contributed by atoms with Crippen LogP contribution in [-0.2, 0) is 0 Å². The van der Waals surface area contributed by atoms with Crippen LogP contribution in [0.25, 0.3) is 0 Å². The Kier molecular flexibility index (Phi) is 3.24. The van der Waals surface area contributed by atoms with Gasteiger partial charge in [-0.25, -0.2) is 4.79 Å². The van der Waals surface area contributed by atoms with Crippen molar-refractivity contribution in [2.24, 2.45) is 0 Å². The summed E-state index contributed by atoms with van der Waals surface area (Å²) in [6.45, 7) is 6.05. The number of likely N-dealkylation sites (tertiary alicyclic amines) is 1. The number of carbonyl (C=O) groups is 1. The topological polar surface area (TPSA) is 45.5 Å². The van der Waals surface area contributed by atoms with Crippen LogP contribution in [0.15, 0.2) is 6.07 Å². The Balaban J connectivity index is 2.34. The van der Waals surface area contributed by atoms with Crippen molar-refractivity contribution in [1.82, 2.24) is 9.47 Å². The SMILES string of the molecule is Cc1cc(C(=O)O)c(C)n1C1CCCN(C)C1. The lowest BCUT2D eigenvalue weighted by Gasteiger charge is -2.32. The van der Waals surface area contributed by atoms with Gasteiger partial charge < -0.3 is 14.6 Å². The van der Waals surface area contributed by atoms with Crippen molar-refractivity contribution in [1.29, 1.82) is 0 Å². The second-order valence-corrected chi connectivity index (χ2v) is 5.02. The highest BCUT2D eigenvalue weighted by molar-refractivity contribution is 5.89. The fourth-order valence-electron chi connectivity index (χ4n) is 2.91. The van der Waals surface area contributed by atoms with E-state index in [1.54, 1.807) is 6.07 Å². The zero-order valence-electron chi connectivity index (χ0n) is 10.7. The highest BCUT2D eigenvalue weighted by atomic mass is 16.4. The maximum atomic E-state index is 11.1. The maximum Gasteiger partial charge on any atom is 0.337 e. The summed E-state index contributed by atoms with van der Waals surface area (Å²) in [6, 6.07) is 2.20. The third-order valence-electron chi connectivity index (χ3n) is 3.68. The van der Waals surface area contributed by atoms with E-state index in [2.05, 4.69) is 16.5 Å². The molecule has 1 aliphatic rings. The lowest BCUT2D eigenvalue weighted by Crippen LogP contribution is -2.34. The first-order valence-electron chi connectivity index (χ1n) is 6.11. The van der Waals surface area contributed by atoms with Crippen molar-refractivity contribution in [3.8, 4) is 0 Å². The number of aromatic carboxylic acids is 1. The molecule has 0 aromatic carbocycles. The quantitative estimate of drug-likeness (QED) is 0.855. The maximum absolute atomic E-state index is 11.1. The summed E-state index contributed by atoms with van der Waals surface area (Å²) in [5.41, 5.74) is 2.38. The van der Waals surface area contributed by atoms with Gasteiger partial charge in [-0.15, -0.1) is 0 Å². The van der Waals surface area contributed by atoms with Crippen LogP contribution in [0.1, 0.15) is 40.6 Å². The second kappa shape index (κ2) is 4.53. The summed E-state index contributed by atoms with van der Waals surface area (Å²) in [5.74, 6) is -0.825. The highest BCUT2D eigenvalue weighted by Gasteiger charge is 2.23. The summed E-state index contributed by atoms with van der Waals surface area (Å²) in [4.78, 5) is 13.4. The molecule has 0 radical (unpaired) electrons. The van der Waals surface area contributed by atoms with E-state index in [4.69, 9.17) is 5.11 Å². The fourth-order valence-corrected chi connectivity index (χ4v) is 2.91. The van der Waals surface area contributed by atoms with Crippen LogP contribution in [0.3, 0.4) is 0 Å². The Labute approximate surface area is 102 Å². The van der Waals surface area contributed by atoms with E-state index in [1.807, 2.05) is 13.8 Å². The van der Waals surface area contributed by atoms with Gasteiger partial charge in [0.2, 0.25) is 0 Å². The Morgan fingerprint density at radius 3 is 2.71 bits per heavy atom. The molecule has 1 atom stereocenters. The average Bonchev–Trinajstić information content (AvgIpc) is 2.54. The Bertz CT molecular complexity index is 437. The van der Waals surface area contributed by atoms with Gasteiger partial charge in [-0.3, -0.25) is 0 Å². The van der Waals surface area contributed by atoms with Crippen LogP contribution in [0, 0.1) is 13.8 Å². The molecule has 0 bridgehead atoms. The number of aromatic nitrogens is 1. The molecule has 0 saturated carbocycles. The van der Waals surface area contributed by atoms with Crippen molar-refractivity contribution in [3.05, 3.63) is 23.0 Å². The third kappa shape index (κ3) is 2.22. The zero-order chi connectivity index (χ0) is 12.6. The number of hydrogen-bond acceptors (Lipinski definition) is 2. The van der Waals surface area contributed by atoms with Gasteiger partial charge in [0.05, 0.1) is 5.56 Å². The molecular weight excluding hydrogens is 216 g/mol. The number of aryl methyl sites for hydroxylation is 1. The largest absolute Gasteiger partial charge is 0.478 e. The molecule has 1 fully saturated rings. The van der Waals surface area contributed by atoms with E-state index in [-0.39, 0.29) is 0 Å². The number of hydrogen-bond donors (Lipinski definition) is 1. The molecule has 4 nitrogen and oxygen atoms in total. The molecule has 4 heteroatoms. The van der Waals surface area contributed by atoms with Gasteiger partial charge in [0.1, 0.15) is 0 Å². The van der Waals surface area contributed by atoms with E-state index in [9.17, 15) is 4.79 Å². The molecule has 1 aromatic rings. The number of carboxylic acid groups (broad SMARTS) is 1. The van der Waals surface area contributed by atoms with E-state index >= 15 is 0 Å². The Hall–Kier alpha value is -1.29. The van der Waals surface area contributed by atoms with Crippen LogP contribution in [0.5, 0.6) is 0 Å².